The monoisotopic (exact) mass is 253 g/mol. The van der Waals surface area contributed by atoms with Crippen molar-refractivity contribution in [3.63, 3.8) is 0 Å². The lowest BCUT2D eigenvalue weighted by Gasteiger charge is -2.33. The highest BCUT2D eigenvalue weighted by molar-refractivity contribution is 7.71. The number of piperidine rings is 1. The zero-order valence-corrected chi connectivity index (χ0v) is 11.9. The molecule has 0 spiro atoms. The van der Waals surface area contributed by atoms with Crippen LogP contribution in [0, 0.1) is 4.77 Å². The maximum absolute atomic E-state index is 5.39. The van der Waals surface area contributed by atoms with E-state index in [1.165, 1.54) is 31.5 Å². The Balaban J connectivity index is 2.17. The van der Waals surface area contributed by atoms with Crippen LogP contribution in [0.4, 0.5) is 0 Å². The van der Waals surface area contributed by atoms with Crippen LogP contribution < -0.4 is 0 Å². The fourth-order valence-electron chi connectivity index (χ4n) is 2.66. The molecule has 1 atom stereocenters. The van der Waals surface area contributed by atoms with E-state index in [0.29, 0.717) is 12.0 Å². The van der Waals surface area contributed by atoms with Gasteiger partial charge in [0, 0.05) is 24.5 Å². The Morgan fingerprint density at radius 3 is 2.88 bits per heavy atom. The molecule has 0 aliphatic carbocycles. The van der Waals surface area contributed by atoms with Crippen molar-refractivity contribution in [2.24, 2.45) is 0 Å². The standard InChI is InChI=1S/C13H23N3S/c1-10(2)12-8-14-13(17)16(12)9-11-6-4-5-7-15(11)3/h8,10-11H,4-7,9H2,1-3H3,(H,14,17). The molecular formula is C13H23N3S. The van der Waals surface area contributed by atoms with E-state index >= 15 is 0 Å². The van der Waals surface area contributed by atoms with Crippen LogP contribution in [0.5, 0.6) is 0 Å². The van der Waals surface area contributed by atoms with Crippen molar-refractivity contribution >= 4 is 12.2 Å². The van der Waals surface area contributed by atoms with Gasteiger partial charge in [0.2, 0.25) is 0 Å². The third kappa shape index (κ3) is 2.80. The van der Waals surface area contributed by atoms with Gasteiger partial charge in [0.15, 0.2) is 4.77 Å². The molecule has 1 aliphatic heterocycles. The molecule has 4 heteroatoms. The molecule has 0 amide bonds. The predicted octanol–water partition coefficient (Wildman–Crippen LogP) is 3.15. The largest absolute Gasteiger partial charge is 0.337 e. The molecule has 2 rings (SSSR count). The summed E-state index contributed by atoms with van der Waals surface area (Å²) < 4.78 is 3.15. The number of nitrogens with one attached hydrogen (secondary N) is 1. The molecule has 0 radical (unpaired) electrons. The fraction of sp³-hybridized carbons (Fsp3) is 0.769. The molecule has 1 aliphatic rings. The molecule has 1 aromatic rings. The summed E-state index contributed by atoms with van der Waals surface area (Å²) in [7, 11) is 2.23. The van der Waals surface area contributed by atoms with Gasteiger partial charge in [-0.05, 0) is 44.6 Å². The van der Waals surface area contributed by atoms with Gasteiger partial charge in [-0.2, -0.15) is 0 Å². The summed E-state index contributed by atoms with van der Waals surface area (Å²) in [6.45, 7) is 6.70. The second-order valence-corrected chi connectivity index (χ2v) is 5.80. The third-order valence-electron chi connectivity index (χ3n) is 3.81. The summed E-state index contributed by atoms with van der Waals surface area (Å²) in [4.78, 5) is 5.66. The van der Waals surface area contributed by atoms with E-state index in [0.717, 1.165) is 11.3 Å². The quantitative estimate of drug-likeness (QED) is 0.837. The first-order valence-electron chi connectivity index (χ1n) is 6.58. The molecule has 2 heterocycles. The Morgan fingerprint density at radius 1 is 1.47 bits per heavy atom. The van der Waals surface area contributed by atoms with E-state index in [1.807, 2.05) is 0 Å². The van der Waals surface area contributed by atoms with E-state index in [-0.39, 0.29) is 0 Å². The number of aromatic nitrogens is 2. The van der Waals surface area contributed by atoms with Crippen molar-refractivity contribution in [3.8, 4) is 0 Å². The molecule has 1 aromatic heterocycles. The lowest BCUT2D eigenvalue weighted by molar-refractivity contribution is 0.166. The molecule has 1 saturated heterocycles. The van der Waals surface area contributed by atoms with Gasteiger partial charge in [0.1, 0.15) is 0 Å². The van der Waals surface area contributed by atoms with Gasteiger partial charge in [0.05, 0.1) is 0 Å². The van der Waals surface area contributed by atoms with Crippen LogP contribution in [0.15, 0.2) is 6.20 Å². The predicted molar refractivity (Wildman–Crippen MR) is 74.0 cm³/mol. The molecule has 0 bridgehead atoms. The number of H-pyrrole nitrogens is 1. The Morgan fingerprint density at radius 2 is 2.24 bits per heavy atom. The summed E-state index contributed by atoms with van der Waals surface area (Å²) in [5, 5.41) is 0. The van der Waals surface area contributed by atoms with Gasteiger partial charge < -0.3 is 14.5 Å². The van der Waals surface area contributed by atoms with Crippen molar-refractivity contribution in [1.82, 2.24) is 14.5 Å². The van der Waals surface area contributed by atoms with Gasteiger partial charge in [-0.3, -0.25) is 0 Å². The van der Waals surface area contributed by atoms with Crippen molar-refractivity contribution in [3.05, 3.63) is 16.7 Å². The molecule has 0 saturated carbocycles. The second-order valence-electron chi connectivity index (χ2n) is 5.41. The first-order valence-corrected chi connectivity index (χ1v) is 6.98. The zero-order chi connectivity index (χ0) is 12.4. The van der Waals surface area contributed by atoms with Crippen molar-refractivity contribution < 1.29 is 0 Å². The first-order chi connectivity index (χ1) is 8.09. The highest BCUT2D eigenvalue weighted by Crippen LogP contribution is 2.20. The average Bonchev–Trinajstić information content (AvgIpc) is 2.64. The first kappa shape index (κ1) is 12.8. The maximum atomic E-state index is 5.39. The van der Waals surface area contributed by atoms with Crippen LogP contribution in [0.3, 0.4) is 0 Å². The Hall–Kier alpha value is -0.610. The van der Waals surface area contributed by atoms with Gasteiger partial charge >= 0.3 is 0 Å². The molecular weight excluding hydrogens is 230 g/mol. The van der Waals surface area contributed by atoms with Crippen molar-refractivity contribution in [1.29, 1.82) is 0 Å². The SMILES string of the molecule is CC(C)c1c[nH]c(=S)n1CC1CCCCN1C. The van der Waals surface area contributed by atoms with Crippen molar-refractivity contribution in [2.45, 2.75) is 51.6 Å². The highest BCUT2D eigenvalue weighted by atomic mass is 32.1. The third-order valence-corrected chi connectivity index (χ3v) is 4.14. The smallest absolute Gasteiger partial charge is 0.177 e. The van der Waals surface area contributed by atoms with Crippen LogP contribution in [-0.4, -0.2) is 34.1 Å². The van der Waals surface area contributed by atoms with E-state index in [2.05, 4.69) is 41.5 Å². The van der Waals surface area contributed by atoms with E-state index in [4.69, 9.17) is 12.2 Å². The maximum Gasteiger partial charge on any atom is 0.177 e. The highest BCUT2D eigenvalue weighted by Gasteiger charge is 2.20. The molecule has 96 valence electrons. The summed E-state index contributed by atoms with van der Waals surface area (Å²) in [6.07, 6.45) is 6.04. The number of hydrogen-bond donors (Lipinski definition) is 1. The lowest BCUT2D eigenvalue weighted by Crippen LogP contribution is -2.39. The van der Waals surface area contributed by atoms with E-state index in [1.54, 1.807) is 0 Å². The van der Waals surface area contributed by atoms with Gasteiger partial charge in [-0.25, -0.2) is 0 Å². The fourth-order valence-corrected chi connectivity index (χ4v) is 2.90. The number of aromatic amines is 1. The molecule has 3 nitrogen and oxygen atoms in total. The summed E-state index contributed by atoms with van der Waals surface area (Å²) >= 11 is 5.39. The summed E-state index contributed by atoms with van der Waals surface area (Å²) in [5.74, 6) is 0.525. The zero-order valence-electron chi connectivity index (χ0n) is 11.1. The molecule has 1 N–H and O–H groups in total. The number of hydrogen-bond acceptors (Lipinski definition) is 2. The lowest BCUT2D eigenvalue weighted by atomic mass is 10.0. The summed E-state index contributed by atoms with van der Waals surface area (Å²) in [5.41, 5.74) is 1.33. The Kier molecular flexibility index (Phi) is 4.05. The van der Waals surface area contributed by atoms with Gasteiger partial charge in [0.25, 0.3) is 0 Å². The number of nitrogens with zero attached hydrogens (tertiary/aromatic N) is 2. The topological polar surface area (TPSA) is 24.0 Å². The van der Waals surface area contributed by atoms with Gasteiger partial charge in [-0.15, -0.1) is 0 Å². The van der Waals surface area contributed by atoms with Crippen LogP contribution in [0.1, 0.15) is 44.7 Å². The van der Waals surface area contributed by atoms with Crippen LogP contribution in [-0.2, 0) is 6.54 Å². The summed E-state index contributed by atoms with van der Waals surface area (Å²) in [6, 6.07) is 0.642. The molecule has 1 unspecified atom stereocenters. The van der Waals surface area contributed by atoms with E-state index in [9.17, 15) is 0 Å². The van der Waals surface area contributed by atoms with Crippen LogP contribution in [0.25, 0.3) is 0 Å². The van der Waals surface area contributed by atoms with Crippen LogP contribution >= 0.6 is 12.2 Å². The number of rotatable bonds is 3. The normalized spacial score (nSPS) is 22.2. The Bertz CT molecular complexity index is 419. The van der Waals surface area contributed by atoms with E-state index < -0.39 is 0 Å². The molecule has 0 aromatic carbocycles. The minimum atomic E-state index is 0.525. The average molecular weight is 253 g/mol. The second kappa shape index (κ2) is 5.36. The Labute approximate surface area is 109 Å². The minimum Gasteiger partial charge on any atom is -0.337 e. The number of likely N-dealkylation sites (N-methyl/N-ethyl adjacent to an activating group) is 1. The molecule has 17 heavy (non-hydrogen) atoms. The number of imidazole rings is 1. The molecule has 1 fully saturated rings. The minimum absolute atomic E-state index is 0.525. The van der Waals surface area contributed by atoms with Gasteiger partial charge in [-0.1, -0.05) is 20.3 Å². The van der Waals surface area contributed by atoms with Crippen molar-refractivity contribution in [2.75, 3.05) is 13.6 Å². The number of likely N-dealkylation sites (tertiary alicyclic amines) is 1. The van der Waals surface area contributed by atoms with Crippen LogP contribution in [0.2, 0.25) is 0 Å².